The number of rotatable bonds is 4. The molecule has 5 rings (SSSR count). The van der Waals surface area contributed by atoms with Crippen LogP contribution in [-0.2, 0) is 7.05 Å². The number of aryl methyl sites for hydroxylation is 1. The molecule has 1 saturated heterocycles. The molecular weight excluding hydrogens is 440 g/mol. The van der Waals surface area contributed by atoms with Crippen molar-refractivity contribution < 1.29 is 4.74 Å². The number of nitrogens with zero attached hydrogens (tertiary/aromatic N) is 6. The molecule has 8 nitrogen and oxygen atoms in total. The highest BCUT2D eigenvalue weighted by Crippen LogP contribution is 2.41. The third-order valence-corrected chi connectivity index (χ3v) is 7.38. The summed E-state index contributed by atoms with van der Waals surface area (Å²) < 4.78 is 7.64. The molecule has 3 atom stereocenters. The first-order valence-corrected chi connectivity index (χ1v) is 12.1. The molecule has 2 aromatic heterocycles. The molecule has 2 aliphatic heterocycles. The maximum atomic E-state index is 13.2. The quantitative estimate of drug-likeness (QED) is 0.535. The molecule has 2 aliphatic rings. The van der Waals surface area contributed by atoms with Crippen LogP contribution in [0.3, 0.4) is 0 Å². The molecule has 4 heterocycles. The highest BCUT2D eigenvalue weighted by Gasteiger charge is 2.42. The summed E-state index contributed by atoms with van der Waals surface area (Å²) in [5, 5.41) is 9.46. The van der Waals surface area contributed by atoms with E-state index in [9.17, 15) is 10.1 Å². The number of aromatic nitrogens is 2. The van der Waals surface area contributed by atoms with Crippen LogP contribution in [0.1, 0.15) is 44.0 Å². The molecule has 0 amide bonds. The van der Waals surface area contributed by atoms with E-state index in [1.54, 1.807) is 23.7 Å². The van der Waals surface area contributed by atoms with Crippen molar-refractivity contribution in [2.24, 2.45) is 7.05 Å². The highest BCUT2D eigenvalue weighted by molar-refractivity contribution is 5.93. The first-order chi connectivity index (χ1) is 17.0. The van der Waals surface area contributed by atoms with E-state index in [0.717, 1.165) is 31.5 Å². The van der Waals surface area contributed by atoms with Crippen LogP contribution in [-0.4, -0.2) is 46.2 Å². The number of ether oxygens (including phenoxy) is 1. The summed E-state index contributed by atoms with van der Waals surface area (Å²) in [6.07, 6.45) is 1.87. The molecule has 0 bridgehead atoms. The lowest BCUT2D eigenvalue weighted by Crippen LogP contribution is -2.62. The summed E-state index contributed by atoms with van der Waals surface area (Å²) in [5.41, 5.74) is 3.97. The van der Waals surface area contributed by atoms with Crippen LogP contribution >= 0.6 is 0 Å². The molecule has 0 radical (unpaired) electrons. The van der Waals surface area contributed by atoms with Gasteiger partial charge in [0, 0.05) is 32.2 Å². The Kier molecular flexibility index (Phi) is 5.92. The van der Waals surface area contributed by atoms with Crippen molar-refractivity contribution in [1.82, 2.24) is 14.5 Å². The number of nitriles is 1. The van der Waals surface area contributed by atoms with E-state index in [1.807, 2.05) is 18.2 Å². The van der Waals surface area contributed by atoms with Crippen molar-refractivity contribution in [1.29, 1.82) is 5.26 Å². The van der Waals surface area contributed by atoms with Gasteiger partial charge in [0.15, 0.2) is 5.69 Å². The van der Waals surface area contributed by atoms with Gasteiger partial charge < -0.3 is 14.2 Å². The zero-order valence-electron chi connectivity index (χ0n) is 20.2. The van der Waals surface area contributed by atoms with Crippen LogP contribution in [0.15, 0.2) is 41.2 Å². The van der Waals surface area contributed by atoms with E-state index >= 15 is 0 Å². The van der Waals surface area contributed by atoms with Crippen molar-refractivity contribution in [3.8, 4) is 11.8 Å². The molecule has 0 saturated carbocycles. The van der Waals surface area contributed by atoms with Gasteiger partial charge in [0.2, 0.25) is 5.75 Å². The molecule has 0 N–H and O–H groups in total. The number of hydrogen-bond donors (Lipinski definition) is 0. The van der Waals surface area contributed by atoms with Crippen LogP contribution in [0.2, 0.25) is 0 Å². The third kappa shape index (κ3) is 3.71. The average Bonchev–Trinajstić information content (AvgIpc) is 2.90. The second-order valence-electron chi connectivity index (χ2n) is 9.22. The molecule has 0 spiro atoms. The van der Waals surface area contributed by atoms with Gasteiger partial charge in [0.1, 0.15) is 29.6 Å². The van der Waals surface area contributed by atoms with Gasteiger partial charge in [-0.2, -0.15) is 5.26 Å². The maximum absolute atomic E-state index is 13.2. The first-order valence-electron chi connectivity index (χ1n) is 12.1. The van der Waals surface area contributed by atoms with Crippen molar-refractivity contribution >= 4 is 22.4 Å². The summed E-state index contributed by atoms with van der Waals surface area (Å²) >= 11 is 0. The highest BCUT2D eigenvalue weighted by atomic mass is 16.5. The summed E-state index contributed by atoms with van der Waals surface area (Å²) in [6, 6.07) is 14.0. The van der Waals surface area contributed by atoms with Gasteiger partial charge in [-0.25, -0.2) is 9.83 Å². The minimum atomic E-state index is -0.185. The zero-order valence-corrected chi connectivity index (χ0v) is 20.2. The minimum Gasteiger partial charge on any atom is -0.484 e. The average molecular weight is 469 g/mol. The van der Waals surface area contributed by atoms with Crippen LogP contribution in [0.25, 0.3) is 15.9 Å². The van der Waals surface area contributed by atoms with Crippen molar-refractivity contribution in [3.05, 3.63) is 69.4 Å². The number of pyridine rings is 2. The molecule has 178 valence electrons. The Labute approximate surface area is 204 Å². The Hall–Kier alpha value is -3.88. The molecule has 0 aliphatic carbocycles. The van der Waals surface area contributed by atoms with Gasteiger partial charge in [-0.15, -0.1) is 0 Å². The van der Waals surface area contributed by atoms with E-state index in [1.165, 1.54) is 0 Å². The summed E-state index contributed by atoms with van der Waals surface area (Å²) in [6.45, 7) is 13.7. The summed E-state index contributed by atoms with van der Waals surface area (Å²) in [5.74, 6) is 0.318. The van der Waals surface area contributed by atoms with Gasteiger partial charge in [-0.1, -0.05) is 38.1 Å². The van der Waals surface area contributed by atoms with Crippen LogP contribution in [0.4, 0.5) is 11.4 Å². The predicted molar refractivity (Wildman–Crippen MR) is 135 cm³/mol. The van der Waals surface area contributed by atoms with Crippen molar-refractivity contribution in [2.75, 3.05) is 24.6 Å². The number of fused-ring (bicyclic) bond motifs is 5. The smallest absolute Gasteiger partial charge is 0.295 e. The Morgan fingerprint density at radius 1 is 1.29 bits per heavy atom. The molecule has 3 aromatic rings. The topological polar surface area (TPSA) is 78.8 Å². The molecule has 1 fully saturated rings. The summed E-state index contributed by atoms with van der Waals surface area (Å²) in [7, 11) is 1.71. The normalized spacial score (nSPS) is 20.3. The maximum Gasteiger partial charge on any atom is 0.295 e. The predicted octanol–water partition coefficient (Wildman–Crippen LogP) is 4.17. The zero-order chi connectivity index (χ0) is 24.7. The van der Waals surface area contributed by atoms with Crippen LogP contribution < -0.4 is 15.2 Å². The standard InChI is InChI=1S/C27H28N6O2/c1-5-20-14-33-21(15-32(20)22(6-2)17-8-7-9-18(12-17)29-3)16-35-26-25(33)24-23(31(4)27(26)34)11-10-19(13-28)30-24/h7-12,20-22H,5-6,14-16H2,1-2,4H3/t20-,21+,22?/m1/s1. The molecule has 1 unspecified atom stereocenters. The second-order valence-corrected chi connectivity index (χ2v) is 9.22. The van der Waals surface area contributed by atoms with Gasteiger partial charge in [0.25, 0.3) is 5.56 Å². The van der Waals surface area contributed by atoms with Gasteiger partial charge in [-0.3, -0.25) is 9.69 Å². The minimum absolute atomic E-state index is 0.0474. The number of anilines is 1. The summed E-state index contributed by atoms with van der Waals surface area (Å²) in [4.78, 5) is 26.2. The fourth-order valence-electron chi connectivity index (χ4n) is 5.60. The molecular formula is C27H28N6O2. The van der Waals surface area contributed by atoms with E-state index in [4.69, 9.17) is 11.3 Å². The fourth-order valence-corrected chi connectivity index (χ4v) is 5.60. The third-order valence-electron chi connectivity index (χ3n) is 7.38. The van der Waals surface area contributed by atoms with E-state index in [-0.39, 0.29) is 23.7 Å². The first kappa shape index (κ1) is 22.9. The van der Waals surface area contributed by atoms with Crippen LogP contribution in [0, 0.1) is 17.9 Å². The Morgan fingerprint density at radius 2 is 2.11 bits per heavy atom. The molecule has 1 aromatic carbocycles. The largest absolute Gasteiger partial charge is 0.484 e. The van der Waals surface area contributed by atoms with Gasteiger partial charge >= 0.3 is 0 Å². The Bertz CT molecular complexity index is 1430. The van der Waals surface area contributed by atoms with Crippen molar-refractivity contribution in [3.63, 3.8) is 0 Å². The lowest BCUT2D eigenvalue weighted by atomic mass is 9.94. The number of benzene rings is 1. The van der Waals surface area contributed by atoms with Crippen LogP contribution in [0.5, 0.6) is 5.75 Å². The Balaban J connectivity index is 1.58. The lowest BCUT2D eigenvalue weighted by Gasteiger charge is -2.51. The van der Waals surface area contributed by atoms with Gasteiger partial charge in [-0.05, 0) is 30.5 Å². The van der Waals surface area contributed by atoms with E-state index in [0.29, 0.717) is 40.5 Å². The molecule has 35 heavy (non-hydrogen) atoms. The second kappa shape index (κ2) is 9.05. The lowest BCUT2D eigenvalue weighted by molar-refractivity contribution is 0.0720. The Morgan fingerprint density at radius 3 is 2.83 bits per heavy atom. The van der Waals surface area contributed by atoms with Gasteiger partial charge in [0.05, 0.1) is 18.1 Å². The van der Waals surface area contributed by atoms with E-state index < -0.39 is 0 Å². The van der Waals surface area contributed by atoms with Crippen molar-refractivity contribution in [2.45, 2.75) is 44.8 Å². The SMILES string of the molecule is [C-]#[N+]c1cccc(C(CC)N2C[C@H]3COc4c(c5nc(C#N)ccc5n(C)c4=O)N3C[C@H]2CC)c1. The number of hydrogen-bond acceptors (Lipinski definition) is 6. The number of piperazine rings is 1. The monoisotopic (exact) mass is 468 g/mol. The van der Waals surface area contributed by atoms with E-state index in [2.05, 4.69) is 45.6 Å². The fraction of sp³-hybridized carbons (Fsp3) is 0.407. The molecule has 8 heteroatoms.